The maximum absolute atomic E-state index is 13.8. The second kappa shape index (κ2) is 12.5. The molecule has 1 aliphatic heterocycles. The molecule has 36 heavy (non-hydrogen) atoms. The van der Waals surface area contributed by atoms with Crippen LogP contribution in [-0.2, 0) is 4.79 Å². The van der Waals surface area contributed by atoms with Gasteiger partial charge in [0.2, 0.25) is 12.7 Å². The SMILES string of the molecule is CCCCC(NC(=O)N[C@@H](CC)c1ccc2c(c1)OCO2)C(=O)N(CC1=CC=CC1)CC1=CC=CC1. The maximum atomic E-state index is 13.8. The zero-order chi connectivity index (χ0) is 25.3. The lowest BCUT2D eigenvalue weighted by molar-refractivity contribution is -0.132. The van der Waals surface area contributed by atoms with E-state index in [2.05, 4.69) is 41.9 Å². The van der Waals surface area contributed by atoms with Crippen LogP contribution < -0.4 is 20.1 Å². The molecule has 0 aromatic heterocycles. The molecule has 7 heteroatoms. The van der Waals surface area contributed by atoms with Crippen molar-refractivity contribution in [3.63, 3.8) is 0 Å². The van der Waals surface area contributed by atoms with E-state index in [0.29, 0.717) is 37.4 Å². The highest BCUT2D eigenvalue weighted by molar-refractivity contribution is 5.87. The van der Waals surface area contributed by atoms with Gasteiger partial charge in [-0.05, 0) is 54.5 Å². The van der Waals surface area contributed by atoms with Crippen molar-refractivity contribution < 1.29 is 19.1 Å². The van der Waals surface area contributed by atoms with Crippen LogP contribution in [0.25, 0.3) is 0 Å². The second-order valence-corrected chi connectivity index (χ2v) is 9.49. The Kier molecular flexibility index (Phi) is 8.87. The molecule has 2 N–H and O–H groups in total. The van der Waals surface area contributed by atoms with Crippen LogP contribution in [0.3, 0.4) is 0 Å². The van der Waals surface area contributed by atoms with Crippen LogP contribution in [-0.4, -0.2) is 42.8 Å². The van der Waals surface area contributed by atoms with Crippen LogP contribution in [0.1, 0.15) is 64.0 Å². The molecule has 1 aromatic carbocycles. The Morgan fingerprint density at radius 2 is 1.67 bits per heavy atom. The van der Waals surface area contributed by atoms with Crippen LogP contribution in [0.5, 0.6) is 11.5 Å². The van der Waals surface area contributed by atoms with Gasteiger partial charge in [-0.2, -0.15) is 0 Å². The van der Waals surface area contributed by atoms with Gasteiger partial charge in [0.25, 0.3) is 0 Å². The lowest BCUT2D eigenvalue weighted by Gasteiger charge is -2.29. The number of carbonyl (C=O) groups excluding carboxylic acids is 2. The molecule has 2 aliphatic carbocycles. The van der Waals surface area contributed by atoms with Crippen LogP contribution in [0, 0.1) is 0 Å². The lowest BCUT2D eigenvalue weighted by atomic mass is 10.0. The second-order valence-electron chi connectivity index (χ2n) is 9.49. The number of ether oxygens (including phenoxy) is 2. The first-order valence-electron chi connectivity index (χ1n) is 13.0. The Balaban J connectivity index is 1.44. The smallest absolute Gasteiger partial charge is 0.315 e. The minimum absolute atomic E-state index is 0.0321. The third-order valence-corrected chi connectivity index (χ3v) is 6.76. The molecule has 0 bridgehead atoms. The summed E-state index contributed by atoms with van der Waals surface area (Å²) < 4.78 is 10.9. The first-order valence-corrected chi connectivity index (χ1v) is 13.0. The van der Waals surface area contributed by atoms with Crippen LogP contribution in [0.4, 0.5) is 4.79 Å². The zero-order valence-electron chi connectivity index (χ0n) is 21.3. The summed E-state index contributed by atoms with van der Waals surface area (Å²) in [5, 5.41) is 6.06. The highest BCUT2D eigenvalue weighted by Crippen LogP contribution is 2.34. The van der Waals surface area contributed by atoms with Crippen molar-refractivity contribution in [1.29, 1.82) is 0 Å². The van der Waals surface area contributed by atoms with Crippen LogP contribution in [0.2, 0.25) is 0 Å². The molecule has 1 unspecified atom stereocenters. The summed E-state index contributed by atoms with van der Waals surface area (Å²) in [5.74, 6) is 1.37. The Hall–Kier alpha value is -3.48. The first-order chi connectivity index (χ1) is 17.6. The fraction of sp³-hybridized carbons (Fsp3) is 0.448. The van der Waals surface area contributed by atoms with Crippen molar-refractivity contribution in [2.24, 2.45) is 0 Å². The van der Waals surface area contributed by atoms with Crippen LogP contribution >= 0.6 is 0 Å². The fourth-order valence-electron chi connectivity index (χ4n) is 4.71. The zero-order valence-corrected chi connectivity index (χ0v) is 21.3. The average Bonchev–Trinajstić information content (AvgIpc) is 3.67. The van der Waals surface area contributed by atoms with Gasteiger partial charge in [0, 0.05) is 13.1 Å². The average molecular weight is 492 g/mol. The van der Waals surface area contributed by atoms with E-state index in [1.54, 1.807) is 0 Å². The quantitative estimate of drug-likeness (QED) is 0.414. The normalized spacial score (nSPS) is 16.9. The van der Waals surface area contributed by atoms with Gasteiger partial charge in [0.1, 0.15) is 6.04 Å². The van der Waals surface area contributed by atoms with Gasteiger partial charge < -0.3 is 25.0 Å². The minimum atomic E-state index is -0.580. The number of nitrogens with one attached hydrogen (secondary N) is 2. The molecule has 4 rings (SSSR count). The number of urea groups is 1. The largest absolute Gasteiger partial charge is 0.454 e. The summed E-state index contributed by atoms with van der Waals surface area (Å²) in [6.45, 7) is 5.47. The van der Waals surface area contributed by atoms with Gasteiger partial charge in [0.05, 0.1) is 6.04 Å². The Labute approximate surface area is 213 Å². The monoisotopic (exact) mass is 491 g/mol. The first kappa shape index (κ1) is 25.6. The molecule has 7 nitrogen and oxygen atoms in total. The van der Waals surface area contributed by atoms with E-state index in [1.807, 2.05) is 42.2 Å². The minimum Gasteiger partial charge on any atom is -0.454 e. The molecule has 0 fully saturated rings. The highest BCUT2D eigenvalue weighted by Gasteiger charge is 2.28. The van der Waals surface area contributed by atoms with Gasteiger partial charge in [-0.1, -0.05) is 69.2 Å². The van der Waals surface area contributed by atoms with Crippen molar-refractivity contribution >= 4 is 11.9 Å². The molecule has 1 heterocycles. The molecule has 3 amide bonds. The van der Waals surface area contributed by atoms with Gasteiger partial charge in [-0.3, -0.25) is 4.79 Å². The molecule has 0 radical (unpaired) electrons. The van der Waals surface area contributed by atoms with Gasteiger partial charge in [-0.15, -0.1) is 0 Å². The number of amides is 3. The topological polar surface area (TPSA) is 79.9 Å². The van der Waals surface area contributed by atoms with E-state index in [0.717, 1.165) is 31.2 Å². The summed E-state index contributed by atoms with van der Waals surface area (Å²) in [5.41, 5.74) is 3.36. The number of hydrogen-bond donors (Lipinski definition) is 2. The number of rotatable bonds is 12. The van der Waals surface area contributed by atoms with E-state index in [1.165, 1.54) is 11.1 Å². The van der Waals surface area contributed by atoms with E-state index in [-0.39, 0.29) is 24.8 Å². The Morgan fingerprint density at radius 3 is 2.28 bits per heavy atom. The molecular formula is C29H37N3O4. The number of hydrogen-bond acceptors (Lipinski definition) is 4. The predicted octanol–water partition coefficient (Wildman–Crippen LogP) is 5.33. The van der Waals surface area contributed by atoms with E-state index in [4.69, 9.17) is 9.47 Å². The fourth-order valence-corrected chi connectivity index (χ4v) is 4.71. The van der Waals surface area contributed by atoms with Crippen molar-refractivity contribution in [3.05, 3.63) is 71.4 Å². The standard InChI is InChI=1S/C29H37N3O4/c1-3-5-14-25(28(33)32(18-21-10-6-7-11-21)19-22-12-8-9-13-22)31-29(34)30-24(4-2)23-15-16-26-27(17-23)36-20-35-26/h6-10,12,15-17,24-25H,3-5,11,13-14,18-20H2,1-2H3,(H2,30,31,34)/t24-,25?/m0/s1. The summed E-state index contributed by atoms with van der Waals surface area (Å²) in [6, 6.07) is 4.59. The predicted molar refractivity (Wildman–Crippen MR) is 141 cm³/mol. The van der Waals surface area contributed by atoms with E-state index < -0.39 is 6.04 Å². The summed E-state index contributed by atoms with van der Waals surface area (Å²) in [7, 11) is 0. The summed E-state index contributed by atoms with van der Waals surface area (Å²) >= 11 is 0. The Bertz CT molecular complexity index is 1040. The number of benzene rings is 1. The third kappa shape index (κ3) is 6.59. The highest BCUT2D eigenvalue weighted by atomic mass is 16.7. The molecule has 0 saturated carbocycles. The van der Waals surface area contributed by atoms with Crippen molar-refractivity contribution in [2.75, 3.05) is 19.9 Å². The van der Waals surface area contributed by atoms with Gasteiger partial charge in [0.15, 0.2) is 11.5 Å². The number of unbranched alkanes of at least 4 members (excludes halogenated alkanes) is 1. The van der Waals surface area contributed by atoms with Crippen molar-refractivity contribution in [3.8, 4) is 11.5 Å². The summed E-state index contributed by atoms with van der Waals surface area (Å²) in [6.07, 6.45) is 17.3. The maximum Gasteiger partial charge on any atom is 0.315 e. The molecule has 0 saturated heterocycles. The molecule has 0 spiro atoms. The van der Waals surface area contributed by atoms with E-state index in [9.17, 15) is 9.59 Å². The molecule has 3 aliphatic rings. The third-order valence-electron chi connectivity index (χ3n) is 6.76. The van der Waals surface area contributed by atoms with Crippen molar-refractivity contribution in [1.82, 2.24) is 15.5 Å². The van der Waals surface area contributed by atoms with Gasteiger partial charge in [-0.25, -0.2) is 4.79 Å². The van der Waals surface area contributed by atoms with E-state index >= 15 is 0 Å². The molecule has 1 aromatic rings. The summed E-state index contributed by atoms with van der Waals surface area (Å²) in [4.78, 5) is 28.8. The Morgan fingerprint density at radius 1 is 0.972 bits per heavy atom. The number of nitrogens with zero attached hydrogens (tertiary/aromatic N) is 1. The van der Waals surface area contributed by atoms with Crippen molar-refractivity contribution in [2.45, 2.75) is 64.5 Å². The molecular weight excluding hydrogens is 454 g/mol. The number of allylic oxidation sites excluding steroid dienone is 6. The lowest BCUT2D eigenvalue weighted by Crippen LogP contribution is -2.52. The van der Waals surface area contributed by atoms with Gasteiger partial charge >= 0.3 is 6.03 Å². The molecule has 192 valence electrons. The number of carbonyl (C=O) groups is 2. The molecule has 2 atom stereocenters. The van der Waals surface area contributed by atoms with Crippen LogP contribution in [0.15, 0.2) is 65.8 Å². The number of fused-ring (bicyclic) bond motifs is 1.